The lowest BCUT2D eigenvalue weighted by Gasteiger charge is -2.33. The van der Waals surface area contributed by atoms with Crippen LogP contribution in [0.2, 0.25) is 0 Å². The SMILES string of the molecule is COC(=O)/C=C/CNC(=O)c1cc(C)cc2c1NC(C)(C)C=C2C. The Morgan fingerprint density at radius 1 is 1.29 bits per heavy atom. The van der Waals surface area contributed by atoms with Crippen LogP contribution in [-0.4, -0.2) is 31.1 Å². The topological polar surface area (TPSA) is 67.4 Å². The molecule has 1 aliphatic rings. The van der Waals surface area contributed by atoms with Gasteiger partial charge in [0.1, 0.15) is 0 Å². The largest absolute Gasteiger partial charge is 0.466 e. The van der Waals surface area contributed by atoms with Crippen molar-refractivity contribution in [3.63, 3.8) is 0 Å². The predicted octanol–water partition coefficient (Wildman–Crippen LogP) is 3.06. The third-order valence-electron chi connectivity index (χ3n) is 3.81. The lowest BCUT2D eigenvalue weighted by molar-refractivity contribution is -0.134. The molecule has 1 aromatic rings. The van der Waals surface area contributed by atoms with Crippen LogP contribution in [0.25, 0.3) is 5.57 Å². The van der Waals surface area contributed by atoms with Crippen molar-refractivity contribution in [1.29, 1.82) is 0 Å². The van der Waals surface area contributed by atoms with Gasteiger partial charge in [-0.25, -0.2) is 4.79 Å². The van der Waals surface area contributed by atoms with Crippen molar-refractivity contribution in [3.05, 3.63) is 47.1 Å². The van der Waals surface area contributed by atoms with E-state index in [1.165, 1.54) is 13.2 Å². The lowest BCUT2D eigenvalue weighted by Crippen LogP contribution is -2.34. The van der Waals surface area contributed by atoms with Gasteiger partial charge in [0.2, 0.25) is 0 Å². The van der Waals surface area contributed by atoms with E-state index in [0.29, 0.717) is 5.56 Å². The van der Waals surface area contributed by atoms with E-state index >= 15 is 0 Å². The highest BCUT2D eigenvalue weighted by atomic mass is 16.5. The molecular formula is C19H24N2O3. The van der Waals surface area contributed by atoms with Crippen molar-refractivity contribution in [2.24, 2.45) is 0 Å². The second-order valence-electron chi connectivity index (χ2n) is 6.54. The molecule has 24 heavy (non-hydrogen) atoms. The molecule has 0 fully saturated rings. The van der Waals surface area contributed by atoms with Crippen LogP contribution in [-0.2, 0) is 9.53 Å². The van der Waals surface area contributed by atoms with Crippen molar-refractivity contribution < 1.29 is 14.3 Å². The number of aryl methyl sites for hydroxylation is 1. The van der Waals surface area contributed by atoms with Crippen LogP contribution in [0.3, 0.4) is 0 Å². The molecule has 0 aromatic heterocycles. The number of nitrogens with one attached hydrogen (secondary N) is 2. The highest BCUT2D eigenvalue weighted by Crippen LogP contribution is 2.36. The number of methoxy groups -OCH3 is 1. The lowest BCUT2D eigenvalue weighted by atomic mass is 9.88. The molecule has 0 spiro atoms. The second kappa shape index (κ2) is 6.91. The number of carbonyl (C=O) groups is 2. The van der Waals surface area contributed by atoms with Crippen molar-refractivity contribution in [2.75, 3.05) is 19.0 Å². The average molecular weight is 328 g/mol. The van der Waals surface area contributed by atoms with Gasteiger partial charge in [-0.1, -0.05) is 12.2 Å². The molecule has 0 radical (unpaired) electrons. The maximum atomic E-state index is 12.6. The van der Waals surface area contributed by atoms with Gasteiger partial charge < -0.3 is 15.4 Å². The molecule has 0 bridgehead atoms. The van der Waals surface area contributed by atoms with Crippen molar-refractivity contribution in [2.45, 2.75) is 33.2 Å². The molecule has 1 aliphatic heterocycles. The summed E-state index contributed by atoms with van der Waals surface area (Å²) < 4.78 is 4.51. The van der Waals surface area contributed by atoms with Gasteiger partial charge in [0.05, 0.1) is 23.9 Å². The number of amides is 1. The normalized spacial score (nSPS) is 15.3. The zero-order valence-corrected chi connectivity index (χ0v) is 14.8. The Morgan fingerprint density at radius 2 is 2.00 bits per heavy atom. The highest BCUT2D eigenvalue weighted by Gasteiger charge is 2.26. The van der Waals surface area contributed by atoms with Crippen LogP contribution in [0.15, 0.2) is 30.4 Å². The first-order valence-electron chi connectivity index (χ1n) is 7.89. The number of benzene rings is 1. The number of hydrogen-bond donors (Lipinski definition) is 2. The minimum absolute atomic E-state index is 0.178. The van der Waals surface area contributed by atoms with Gasteiger partial charge in [-0.15, -0.1) is 0 Å². The van der Waals surface area contributed by atoms with Crippen LogP contribution in [0.5, 0.6) is 0 Å². The fourth-order valence-electron chi connectivity index (χ4n) is 2.86. The van der Waals surface area contributed by atoms with Crippen LogP contribution in [0.4, 0.5) is 5.69 Å². The third-order valence-corrected chi connectivity index (χ3v) is 3.81. The number of hydrogen-bond acceptors (Lipinski definition) is 4. The molecule has 5 nitrogen and oxygen atoms in total. The maximum Gasteiger partial charge on any atom is 0.330 e. The van der Waals surface area contributed by atoms with Gasteiger partial charge in [0.25, 0.3) is 5.91 Å². The molecule has 0 saturated heterocycles. The van der Waals surface area contributed by atoms with Crippen LogP contribution >= 0.6 is 0 Å². The molecule has 0 atom stereocenters. The molecule has 0 saturated carbocycles. The van der Waals surface area contributed by atoms with Crippen LogP contribution in [0, 0.1) is 6.92 Å². The highest BCUT2D eigenvalue weighted by molar-refractivity contribution is 6.03. The van der Waals surface area contributed by atoms with Crippen LogP contribution < -0.4 is 10.6 Å². The Morgan fingerprint density at radius 3 is 2.67 bits per heavy atom. The van der Waals surface area contributed by atoms with Gasteiger partial charge in [0, 0.05) is 18.2 Å². The van der Waals surface area contributed by atoms with Gasteiger partial charge in [-0.2, -0.15) is 0 Å². The van der Waals surface area contributed by atoms with E-state index in [0.717, 1.165) is 22.4 Å². The minimum atomic E-state index is -0.443. The zero-order valence-electron chi connectivity index (χ0n) is 14.8. The fraction of sp³-hybridized carbons (Fsp3) is 0.368. The molecule has 5 heteroatoms. The molecular weight excluding hydrogens is 304 g/mol. The fourth-order valence-corrected chi connectivity index (χ4v) is 2.86. The van der Waals surface area contributed by atoms with Crippen molar-refractivity contribution in [1.82, 2.24) is 5.32 Å². The second-order valence-corrected chi connectivity index (χ2v) is 6.54. The summed E-state index contributed by atoms with van der Waals surface area (Å²) in [5.74, 6) is -0.621. The summed E-state index contributed by atoms with van der Waals surface area (Å²) in [4.78, 5) is 23.6. The Bertz CT molecular complexity index is 730. The molecule has 1 aromatic carbocycles. The Balaban J connectivity index is 2.25. The summed E-state index contributed by atoms with van der Waals surface area (Å²) in [7, 11) is 1.31. The van der Waals surface area contributed by atoms with Crippen LogP contribution in [0.1, 0.15) is 42.3 Å². The van der Waals surface area contributed by atoms with Gasteiger partial charge >= 0.3 is 5.97 Å². The molecule has 2 rings (SSSR count). The first-order chi connectivity index (χ1) is 11.2. The van der Waals surface area contributed by atoms with Gasteiger partial charge in [-0.3, -0.25) is 4.79 Å². The number of anilines is 1. The monoisotopic (exact) mass is 328 g/mol. The van der Waals surface area contributed by atoms with Crippen molar-refractivity contribution in [3.8, 4) is 0 Å². The van der Waals surface area contributed by atoms with E-state index in [2.05, 4.69) is 48.3 Å². The van der Waals surface area contributed by atoms with E-state index in [1.807, 2.05) is 13.0 Å². The third kappa shape index (κ3) is 4.04. The smallest absolute Gasteiger partial charge is 0.330 e. The molecule has 1 heterocycles. The zero-order chi connectivity index (χ0) is 17.9. The van der Waals surface area contributed by atoms with E-state index in [1.54, 1.807) is 6.08 Å². The standard InChI is InChI=1S/C19H24N2O3/c1-12-9-14-13(2)11-19(3,4)21-17(14)15(10-12)18(23)20-8-6-7-16(22)24-5/h6-7,9-11,21H,8H2,1-5H3,(H,20,23)/b7-6+. The molecule has 128 valence electrons. The van der Waals surface area contributed by atoms with E-state index in [-0.39, 0.29) is 18.0 Å². The first-order valence-corrected chi connectivity index (χ1v) is 7.89. The average Bonchev–Trinajstić information content (AvgIpc) is 2.50. The number of carbonyl (C=O) groups excluding carboxylic acids is 2. The Labute approximate surface area is 142 Å². The Hall–Kier alpha value is -2.56. The summed E-state index contributed by atoms with van der Waals surface area (Å²) in [6.45, 7) is 8.43. The quantitative estimate of drug-likeness (QED) is 0.658. The summed E-state index contributed by atoms with van der Waals surface area (Å²) >= 11 is 0. The molecule has 2 N–H and O–H groups in total. The minimum Gasteiger partial charge on any atom is -0.466 e. The number of fused-ring (bicyclic) bond motifs is 1. The Kier molecular flexibility index (Phi) is 5.12. The number of allylic oxidation sites excluding steroid dienone is 1. The van der Waals surface area contributed by atoms with Gasteiger partial charge in [0.15, 0.2) is 0 Å². The van der Waals surface area contributed by atoms with E-state index < -0.39 is 5.97 Å². The first kappa shape index (κ1) is 17.8. The molecule has 0 unspecified atom stereocenters. The summed E-state index contributed by atoms with van der Waals surface area (Å²) in [5, 5.41) is 6.24. The summed E-state index contributed by atoms with van der Waals surface area (Å²) in [5.41, 5.74) is 4.46. The predicted molar refractivity (Wildman–Crippen MR) is 96.0 cm³/mol. The number of esters is 1. The van der Waals surface area contributed by atoms with Gasteiger partial charge in [-0.05, 0) is 51.0 Å². The number of rotatable bonds is 4. The summed E-state index contributed by atoms with van der Waals surface area (Å²) in [6, 6.07) is 3.96. The maximum absolute atomic E-state index is 12.6. The van der Waals surface area contributed by atoms with E-state index in [9.17, 15) is 9.59 Å². The molecule has 1 amide bonds. The van der Waals surface area contributed by atoms with E-state index in [4.69, 9.17) is 0 Å². The molecule has 0 aliphatic carbocycles. The van der Waals surface area contributed by atoms with Crippen molar-refractivity contribution >= 4 is 23.1 Å². The summed E-state index contributed by atoms with van der Waals surface area (Å²) in [6.07, 6.45) is 5.02. The number of ether oxygens (including phenoxy) is 1.